The van der Waals surface area contributed by atoms with E-state index in [0.29, 0.717) is 18.5 Å². The first-order valence-electron chi connectivity index (χ1n) is 10.9. The van der Waals surface area contributed by atoms with E-state index in [-0.39, 0.29) is 12.5 Å². The molecule has 1 aliphatic carbocycles. The molecule has 0 saturated heterocycles. The summed E-state index contributed by atoms with van der Waals surface area (Å²) in [6.07, 6.45) is 8.70. The second kappa shape index (κ2) is 10.1. The molecule has 5 nitrogen and oxygen atoms in total. The minimum absolute atomic E-state index is 0.126. The molecule has 0 bridgehead atoms. The van der Waals surface area contributed by atoms with E-state index in [1.54, 1.807) is 6.20 Å². The molecule has 1 heterocycles. The van der Waals surface area contributed by atoms with Crippen LogP contribution in [-0.4, -0.2) is 28.7 Å². The number of hydrogen-bond acceptors (Lipinski definition) is 4. The highest BCUT2D eigenvalue weighted by molar-refractivity contribution is 5.67. The van der Waals surface area contributed by atoms with Gasteiger partial charge in [0.25, 0.3) is 0 Å². The van der Waals surface area contributed by atoms with Crippen molar-refractivity contribution in [2.24, 2.45) is 11.3 Å². The number of ether oxygens (including phenoxy) is 1. The lowest BCUT2D eigenvalue weighted by molar-refractivity contribution is -0.136. The van der Waals surface area contributed by atoms with E-state index in [9.17, 15) is 4.79 Å². The van der Waals surface area contributed by atoms with Gasteiger partial charge in [0.05, 0.1) is 18.7 Å². The third-order valence-corrected chi connectivity index (χ3v) is 6.02. The number of benzene rings is 1. The Morgan fingerprint density at radius 2 is 1.90 bits per heavy atom. The Labute approximate surface area is 179 Å². The third kappa shape index (κ3) is 6.56. The molecule has 0 unspecified atom stereocenters. The number of carboxylic acid groups (broad SMARTS) is 1. The Hall–Kier alpha value is -2.40. The van der Waals surface area contributed by atoms with Crippen LogP contribution in [0, 0.1) is 11.3 Å². The van der Waals surface area contributed by atoms with Crippen LogP contribution in [-0.2, 0) is 11.3 Å². The van der Waals surface area contributed by atoms with Gasteiger partial charge in [-0.3, -0.25) is 9.78 Å². The van der Waals surface area contributed by atoms with E-state index in [1.807, 2.05) is 18.3 Å². The van der Waals surface area contributed by atoms with Gasteiger partial charge in [-0.1, -0.05) is 39.0 Å². The topological polar surface area (TPSA) is 71.5 Å². The number of carboxylic acids is 1. The highest BCUT2D eigenvalue weighted by Crippen LogP contribution is 2.38. The van der Waals surface area contributed by atoms with Crippen molar-refractivity contribution < 1.29 is 14.6 Å². The first-order chi connectivity index (χ1) is 14.3. The Morgan fingerprint density at radius 1 is 1.13 bits per heavy atom. The Morgan fingerprint density at radius 3 is 2.60 bits per heavy atom. The summed E-state index contributed by atoms with van der Waals surface area (Å²) in [5, 5.41) is 11.9. The fraction of sp³-hybridized carbons (Fsp3) is 0.520. The van der Waals surface area contributed by atoms with Crippen LogP contribution in [0.15, 0.2) is 42.7 Å². The van der Waals surface area contributed by atoms with Crippen molar-refractivity contribution in [2.45, 2.75) is 65.5 Å². The maximum atomic E-state index is 10.6. The molecule has 1 fully saturated rings. The highest BCUT2D eigenvalue weighted by Gasteiger charge is 2.30. The smallest absolute Gasteiger partial charge is 0.304 e. The maximum absolute atomic E-state index is 10.6. The molecule has 5 heteroatoms. The Kier molecular flexibility index (Phi) is 7.48. The van der Waals surface area contributed by atoms with Crippen LogP contribution >= 0.6 is 0 Å². The number of pyridine rings is 1. The van der Waals surface area contributed by atoms with Crippen molar-refractivity contribution in [1.29, 1.82) is 0 Å². The largest absolute Gasteiger partial charge is 0.489 e. The van der Waals surface area contributed by atoms with Gasteiger partial charge in [-0.15, -0.1) is 0 Å². The van der Waals surface area contributed by atoms with Crippen LogP contribution in [0.2, 0.25) is 0 Å². The normalized spacial score (nSPS) is 19.4. The van der Waals surface area contributed by atoms with E-state index in [1.165, 1.54) is 12.8 Å². The molecule has 1 aromatic heterocycles. The average molecular weight is 411 g/mol. The molecule has 0 aliphatic heterocycles. The van der Waals surface area contributed by atoms with Gasteiger partial charge in [0.15, 0.2) is 0 Å². The predicted molar refractivity (Wildman–Crippen MR) is 119 cm³/mol. The predicted octanol–water partition coefficient (Wildman–Crippen LogP) is 5.30. The van der Waals surface area contributed by atoms with E-state index in [4.69, 9.17) is 9.84 Å². The van der Waals surface area contributed by atoms with Crippen molar-refractivity contribution >= 4 is 5.97 Å². The summed E-state index contributed by atoms with van der Waals surface area (Å²) < 4.78 is 6.28. The molecule has 0 radical (unpaired) electrons. The zero-order valence-corrected chi connectivity index (χ0v) is 18.4. The molecule has 0 amide bonds. The van der Waals surface area contributed by atoms with Crippen LogP contribution in [0.5, 0.6) is 5.75 Å². The van der Waals surface area contributed by atoms with E-state index >= 15 is 0 Å². The maximum Gasteiger partial charge on any atom is 0.304 e. The van der Waals surface area contributed by atoms with E-state index in [0.717, 1.165) is 41.2 Å². The molecule has 162 valence electrons. The molecule has 2 aromatic rings. The van der Waals surface area contributed by atoms with Crippen LogP contribution < -0.4 is 10.1 Å². The second-order valence-electron chi connectivity index (χ2n) is 9.39. The van der Waals surface area contributed by atoms with E-state index in [2.05, 4.69) is 49.3 Å². The number of aliphatic carboxylic acids is 1. The first kappa shape index (κ1) is 22.3. The lowest BCUT2D eigenvalue weighted by Gasteiger charge is -2.36. The van der Waals surface area contributed by atoms with Gasteiger partial charge in [-0.25, -0.2) is 0 Å². The fourth-order valence-electron chi connectivity index (χ4n) is 4.17. The molecule has 0 spiro atoms. The Balaban J connectivity index is 1.59. The van der Waals surface area contributed by atoms with Gasteiger partial charge < -0.3 is 15.2 Å². The standard InChI is InChI=1S/C25H34N2O3/c1-25(2,3)21-7-9-22(10-8-21)30-23-14-20(16-27-17-23)19-6-4-5-18(13-19)15-26-12-11-24(28)29/h4-6,13-14,16-17,21-22,26H,7-12,15H2,1-3H3,(H,28,29). The number of nitrogens with zero attached hydrogens (tertiary/aromatic N) is 1. The summed E-state index contributed by atoms with van der Waals surface area (Å²) in [6.45, 7) is 8.11. The molecular weight excluding hydrogens is 376 g/mol. The number of aromatic nitrogens is 1. The summed E-state index contributed by atoms with van der Waals surface area (Å²) in [5.74, 6) is 0.816. The van der Waals surface area contributed by atoms with Gasteiger partial charge in [0.1, 0.15) is 5.75 Å². The van der Waals surface area contributed by atoms with Crippen molar-refractivity contribution in [1.82, 2.24) is 10.3 Å². The molecule has 30 heavy (non-hydrogen) atoms. The Bertz CT molecular complexity index is 836. The lowest BCUT2D eigenvalue weighted by atomic mass is 9.72. The number of hydrogen-bond donors (Lipinski definition) is 2. The van der Waals surface area contributed by atoms with Gasteiger partial charge in [-0.05, 0) is 60.3 Å². The first-order valence-corrected chi connectivity index (χ1v) is 10.9. The van der Waals surface area contributed by atoms with Crippen molar-refractivity contribution in [3.8, 4) is 16.9 Å². The number of rotatable bonds is 8. The van der Waals surface area contributed by atoms with Crippen LogP contribution in [0.3, 0.4) is 0 Å². The van der Waals surface area contributed by atoms with E-state index < -0.39 is 5.97 Å². The minimum Gasteiger partial charge on any atom is -0.489 e. The zero-order valence-electron chi connectivity index (χ0n) is 18.4. The van der Waals surface area contributed by atoms with Crippen molar-refractivity contribution in [3.63, 3.8) is 0 Å². The van der Waals surface area contributed by atoms with Crippen molar-refractivity contribution in [2.75, 3.05) is 6.54 Å². The summed E-state index contributed by atoms with van der Waals surface area (Å²) in [5.41, 5.74) is 3.61. The molecule has 0 atom stereocenters. The highest BCUT2D eigenvalue weighted by atomic mass is 16.5. The molecule has 1 aromatic carbocycles. The molecule has 2 N–H and O–H groups in total. The van der Waals surface area contributed by atoms with Gasteiger partial charge in [0.2, 0.25) is 0 Å². The van der Waals surface area contributed by atoms with Crippen LogP contribution in [0.1, 0.15) is 58.4 Å². The van der Waals surface area contributed by atoms with Gasteiger partial charge in [-0.2, -0.15) is 0 Å². The quantitative estimate of drug-likeness (QED) is 0.578. The minimum atomic E-state index is -0.786. The summed E-state index contributed by atoms with van der Waals surface area (Å²) >= 11 is 0. The van der Waals surface area contributed by atoms with Crippen LogP contribution in [0.25, 0.3) is 11.1 Å². The average Bonchev–Trinajstić information content (AvgIpc) is 2.71. The monoisotopic (exact) mass is 410 g/mol. The zero-order chi connectivity index (χ0) is 21.6. The second-order valence-corrected chi connectivity index (χ2v) is 9.39. The summed E-state index contributed by atoms with van der Waals surface area (Å²) in [7, 11) is 0. The van der Waals surface area contributed by atoms with Crippen LogP contribution in [0.4, 0.5) is 0 Å². The SMILES string of the molecule is CC(C)(C)C1CCC(Oc2cncc(-c3cccc(CNCCC(=O)O)c3)c2)CC1. The molecule has 1 aliphatic rings. The summed E-state index contributed by atoms with van der Waals surface area (Å²) in [4.78, 5) is 15.0. The fourth-order valence-corrected chi connectivity index (χ4v) is 4.17. The third-order valence-electron chi connectivity index (χ3n) is 6.02. The number of nitrogens with one attached hydrogen (secondary N) is 1. The van der Waals surface area contributed by atoms with Gasteiger partial charge in [0, 0.05) is 24.8 Å². The summed E-state index contributed by atoms with van der Waals surface area (Å²) in [6, 6.07) is 10.3. The van der Waals surface area contributed by atoms with Gasteiger partial charge >= 0.3 is 5.97 Å². The molecular formula is C25H34N2O3. The lowest BCUT2D eigenvalue weighted by Crippen LogP contribution is -2.30. The molecule has 1 saturated carbocycles. The van der Waals surface area contributed by atoms with Crippen molar-refractivity contribution in [3.05, 3.63) is 48.3 Å². The molecule has 3 rings (SSSR count). The number of carbonyl (C=O) groups is 1.